The number of hydrogen-bond acceptors (Lipinski definition) is 6. The van der Waals surface area contributed by atoms with Gasteiger partial charge >= 0.3 is 23.9 Å². The number of carboxylic acids is 3. The van der Waals surface area contributed by atoms with Crippen molar-refractivity contribution in [2.24, 2.45) is 5.92 Å². The molecule has 0 spiro atoms. The van der Waals surface area contributed by atoms with Crippen LogP contribution in [0.25, 0.3) is 0 Å². The molecular weight excluding hydrogens is 384 g/mol. The van der Waals surface area contributed by atoms with Gasteiger partial charge in [-0.1, -0.05) is 52.9 Å². The first-order valence-corrected chi connectivity index (χ1v) is 10.1. The molecule has 0 aromatic heterocycles. The van der Waals surface area contributed by atoms with Crippen LogP contribution < -0.4 is 0 Å². The Balaban J connectivity index is 0. The van der Waals surface area contributed by atoms with Gasteiger partial charge in [0.25, 0.3) is 0 Å². The zero-order chi connectivity index (χ0) is 22.9. The molecule has 0 unspecified atom stereocenters. The van der Waals surface area contributed by atoms with E-state index in [0.717, 1.165) is 51.4 Å². The van der Waals surface area contributed by atoms with E-state index in [0.29, 0.717) is 6.61 Å². The number of ether oxygens (including phenoxy) is 1. The zero-order valence-electron chi connectivity index (χ0n) is 17.7. The fourth-order valence-electron chi connectivity index (χ4n) is 2.43. The third kappa shape index (κ3) is 15.4. The van der Waals surface area contributed by atoms with E-state index in [-0.39, 0.29) is 11.9 Å². The summed E-state index contributed by atoms with van der Waals surface area (Å²) in [5.74, 6) is -4.83. The minimum Gasteiger partial charge on any atom is -0.481 e. The van der Waals surface area contributed by atoms with Crippen LogP contribution in [0.2, 0.25) is 0 Å². The van der Waals surface area contributed by atoms with Gasteiger partial charge in [-0.2, -0.15) is 0 Å². The van der Waals surface area contributed by atoms with E-state index in [4.69, 9.17) is 25.2 Å². The number of carbonyl (C=O) groups is 4. The molecule has 0 aromatic carbocycles. The molecule has 170 valence electrons. The Labute approximate surface area is 172 Å². The van der Waals surface area contributed by atoms with Gasteiger partial charge in [0.1, 0.15) is 0 Å². The molecule has 0 aliphatic carbocycles. The first-order valence-electron chi connectivity index (χ1n) is 10.1. The van der Waals surface area contributed by atoms with Gasteiger partial charge in [-0.25, -0.2) is 4.79 Å². The Hall–Kier alpha value is -2.16. The van der Waals surface area contributed by atoms with Crippen LogP contribution in [0.3, 0.4) is 0 Å². The topological polar surface area (TPSA) is 158 Å². The normalized spacial score (nSPS) is 10.8. The molecule has 29 heavy (non-hydrogen) atoms. The maximum absolute atomic E-state index is 11.8. The lowest BCUT2D eigenvalue weighted by Gasteiger charge is -2.18. The Morgan fingerprint density at radius 3 is 1.52 bits per heavy atom. The standard InChI is InChI=1S/C14H28O2.C6H8O7/c1-4-7-10-13(11-8-5-2)14(15)16-12-9-6-3;7-3(8)1-6(13,5(11)12)2-4(9)10/h13H,4-12H2,1-3H3;13H,1-2H2,(H,7,8)(H,9,10)(H,11,12). The van der Waals surface area contributed by atoms with Crippen LogP contribution in [-0.4, -0.2) is 56.5 Å². The largest absolute Gasteiger partial charge is 0.481 e. The van der Waals surface area contributed by atoms with Gasteiger partial charge < -0.3 is 25.2 Å². The number of unbranched alkanes of at least 4 members (excludes halogenated alkanes) is 3. The number of carboxylic acid groups (broad SMARTS) is 3. The molecule has 0 aromatic rings. The van der Waals surface area contributed by atoms with E-state index in [1.54, 1.807) is 0 Å². The van der Waals surface area contributed by atoms with Crippen LogP contribution in [0.1, 0.15) is 85.0 Å². The highest BCUT2D eigenvalue weighted by molar-refractivity contribution is 5.88. The second-order valence-electron chi connectivity index (χ2n) is 6.98. The van der Waals surface area contributed by atoms with Crippen molar-refractivity contribution in [2.75, 3.05) is 6.61 Å². The number of aliphatic hydroxyl groups is 1. The highest BCUT2D eigenvalue weighted by Gasteiger charge is 2.40. The predicted octanol–water partition coefficient (Wildman–Crippen LogP) is 3.08. The second kappa shape index (κ2) is 16.8. The quantitative estimate of drug-likeness (QED) is 0.231. The van der Waals surface area contributed by atoms with Crippen molar-refractivity contribution in [3.8, 4) is 0 Å². The van der Waals surface area contributed by atoms with Crippen LogP contribution in [0, 0.1) is 5.92 Å². The van der Waals surface area contributed by atoms with E-state index in [1.165, 1.54) is 0 Å². The first-order chi connectivity index (χ1) is 13.5. The minimum atomic E-state index is -2.74. The van der Waals surface area contributed by atoms with Crippen LogP contribution in [-0.2, 0) is 23.9 Å². The lowest BCUT2D eigenvalue weighted by atomic mass is 9.96. The molecule has 0 aliphatic rings. The molecule has 0 bridgehead atoms. The van der Waals surface area contributed by atoms with Crippen molar-refractivity contribution in [1.82, 2.24) is 0 Å². The maximum atomic E-state index is 11.8. The SMILES string of the molecule is CCCCOC(=O)C(CCCC)CCCC.O=C(O)CC(O)(CC(=O)O)C(=O)O. The van der Waals surface area contributed by atoms with Crippen LogP contribution in [0.4, 0.5) is 0 Å². The Kier molecular flexibility index (Phi) is 16.8. The van der Waals surface area contributed by atoms with E-state index in [2.05, 4.69) is 20.8 Å². The monoisotopic (exact) mass is 420 g/mol. The molecule has 0 aliphatic heterocycles. The minimum absolute atomic E-state index is 0.0374. The van der Waals surface area contributed by atoms with Gasteiger partial charge in [-0.15, -0.1) is 0 Å². The summed E-state index contributed by atoms with van der Waals surface area (Å²) in [4.78, 5) is 42.3. The van der Waals surface area contributed by atoms with Crippen LogP contribution in [0.15, 0.2) is 0 Å². The van der Waals surface area contributed by atoms with Crippen molar-refractivity contribution in [2.45, 2.75) is 90.6 Å². The first kappa shape index (κ1) is 29.0. The summed E-state index contributed by atoms with van der Waals surface area (Å²) < 4.78 is 5.30. The van der Waals surface area contributed by atoms with Crippen LogP contribution >= 0.6 is 0 Å². The predicted molar refractivity (Wildman–Crippen MR) is 105 cm³/mol. The van der Waals surface area contributed by atoms with Crippen molar-refractivity contribution in [3.05, 3.63) is 0 Å². The molecule has 0 saturated heterocycles. The lowest BCUT2D eigenvalue weighted by molar-refractivity contribution is -0.170. The molecule has 0 atom stereocenters. The highest BCUT2D eigenvalue weighted by Crippen LogP contribution is 2.18. The molecule has 4 N–H and O–H groups in total. The molecule has 9 nitrogen and oxygen atoms in total. The van der Waals surface area contributed by atoms with Gasteiger partial charge in [0.05, 0.1) is 25.4 Å². The lowest BCUT2D eigenvalue weighted by Crippen LogP contribution is -2.42. The number of carbonyl (C=O) groups excluding carboxylic acids is 1. The number of esters is 1. The number of rotatable bonds is 15. The third-order valence-electron chi connectivity index (χ3n) is 4.17. The fraction of sp³-hybridized carbons (Fsp3) is 0.800. The summed E-state index contributed by atoms with van der Waals surface area (Å²) in [6.45, 7) is 7.04. The Morgan fingerprint density at radius 2 is 1.21 bits per heavy atom. The van der Waals surface area contributed by atoms with Gasteiger partial charge in [0, 0.05) is 0 Å². The molecule has 0 amide bonds. The van der Waals surface area contributed by atoms with Gasteiger partial charge in [-0.3, -0.25) is 14.4 Å². The number of aliphatic carboxylic acids is 3. The van der Waals surface area contributed by atoms with Crippen molar-refractivity contribution in [1.29, 1.82) is 0 Å². The summed E-state index contributed by atoms with van der Waals surface area (Å²) in [5, 5.41) is 33.8. The Morgan fingerprint density at radius 1 is 0.793 bits per heavy atom. The summed E-state index contributed by atoms with van der Waals surface area (Å²) >= 11 is 0. The zero-order valence-corrected chi connectivity index (χ0v) is 17.7. The third-order valence-corrected chi connectivity index (χ3v) is 4.17. The summed E-state index contributed by atoms with van der Waals surface area (Å²) in [7, 11) is 0. The van der Waals surface area contributed by atoms with E-state index in [1.807, 2.05) is 0 Å². The molecule has 0 saturated carbocycles. The van der Waals surface area contributed by atoms with Crippen molar-refractivity contribution < 1.29 is 44.3 Å². The van der Waals surface area contributed by atoms with Crippen LogP contribution in [0.5, 0.6) is 0 Å². The van der Waals surface area contributed by atoms with E-state index < -0.39 is 36.4 Å². The highest BCUT2D eigenvalue weighted by atomic mass is 16.5. The molecule has 0 radical (unpaired) electrons. The fourth-order valence-corrected chi connectivity index (χ4v) is 2.43. The van der Waals surface area contributed by atoms with Gasteiger partial charge in [0.2, 0.25) is 0 Å². The molecule has 0 heterocycles. The molecule has 0 fully saturated rings. The average molecular weight is 420 g/mol. The van der Waals surface area contributed by atoms with Crippen molar-refractivity contribution in [3.63, 3.8) is 0 Å². The molecule has 9 heteroatoms. The summed E-state index contributed by atoms with van der Waals surface area (Å²) in [6, 6.07) is 0. The summed E-state index contributed by atoms with van der Waals surface area (Å²) in [5.41, 5.74) is -2.74. The summed E-state index contributed by atoms with van der Waals surface area (Å²) in [6.07, 6.45) is 6.37. The van der Waals surface area contributed by atoms with E-state index >= 15 is 0 Å². The van der Waals surface area contributed by atoms with Gasteiger partial charge in [-0.05, 0) is 19.3 Å². The smallest absolute Gasteiger partial charge is 0.336 e. The average Bonchev–Trinajstić information content (AvgIpc) is 2.61. The van der Waals surface area contributed by atoms with Crippen molar-refractivity contribution >= 4 is 23.9 Å². The van der Waals surface area contributed by atoms with E-state index in [9.17, 15) is 19.2 Å². The Bertz CT molecular complexity index is 478. The molecule has 0 rings (SSSR count). The second-order valence-corrected chi connectivity index (χ2v) is 6.98. The van der Waals surface area contributed by atoms with Gasteiger partial charge in [0.15, 0.2) is 5.60 Å². The maximum Gasteiger partial charge on any atom is 0.336 e. The molecular formula is C20H36O9. The number of hydrogen-bond donors (Lipinski definition) is 4.